The van der Waals surface area contributed by atoms with Gasteiger partial charge in [0.15, 0.2) is 0 Å². The molecule has 0 aliphatic carbocycles. The Morgan fingerprint density at radius 1 is 0.812 bits per heavy atom. The molecule has 0 aromatic rings. The van der Waals surface area contributed by atoms with Crippen molar-refractivity contribution in [3.8, 4) is 0 Å². The van der Waals surface area contributed by atoms with Crippen LogP contribution in [0.3, 0.4) is 0 Å². The maximum absolute atomic E-state index is 9.08. The molecule has 5 N–H and O–H groups in total. The van der Waals surface area contributed by atoms with Gasteiger partial charge in [0.25, 0.3) is 0 Å². The van der Waals surface area contributed by atoms with Crippen molar-refractivity contribution in [3.63, 3.8) is 0 Å². The van der Waals surface area contributed by atoms with Gasteiger partial charge in [-0.3, -0.25) is 4.90 Å². The Kier molecular flexibility index (Phi) is 14.2. The molecule has 0 heterocycles. The molecule has 0 aromatic heterocycles. The second-order valence-corrected chi connectivity index (χ2v) is 3.13. The first kappa shape index (κ1) is 18.9. The van der Waals surface area contributed by atoms with Crippen molar-refractivity contribution in [2.45, 2.75) is 5.54 Å². The van der Waals surface area contributed by atoms with Crippen LogP contribution < -0.4 is 0 Å². The number of halogens is 1. The summed E-state index contributed by atoms with van der Waals surface area (Å²) >= 11 is 3.66. The van der Waals surface area contributed by atoms with E-state index in [1.807, 2.05) is 0 Å². The molecular formula is C8H19ClCuNO5+. The van der Waals surface area contributed by atoms with Crippen LogP contribution >= 0.6 is 10.1 Å². The average molecular weight is 308 g/mol. The van der Waals surface area contributed by atoms with Crippen LogP contribution in [-0.4, -0.2) is 82.1 Å². The van der Waals surface area contributed by atoms with E-state index in [1.165, 1.54) is 4.90 Å². The fourth-order valence-electron chi connectivity index (χ4n) is 1.28. The molecule has 0 rings (SSSR count). The van der Waals surface area contributed by atoms with Crippen molar-refractivity contribution in [3.05, 3.63) is 0 Å². The third-order valence-corrected chi connectivity index (χ3v) is 2.29. The number of β-amino-alcohol motifs (C(OH)–C–C–N with tert-alkyl or cyclic N) is 2. The number of hydrogen-bond acceptors (Lipinski definition) is 6. The van der Waals surface area contributed by atoms with Crippen molar-refractivity contribution >= 4 is 10.1 Å². The van der Waals surface area contributed by atoms with Gasteiger partial charge >= 0.3 is 25.2 Å². The SMILES string of the molecule is OCCN(CCO)C(CO)(CO)CO.[Cl][Cu+]. The Morgan fingerprint density at radius 2 is 1.12 bits per heavy atom. The van der Waals surface area contributed by atoms with Gasteiger partial charge in [0.1, 0.15) is 0 Å². The minimum absolute atomic E-state index is 0.165. The number of hydrogen-bond donors (Lipinski definition) is 5. The van der Waals surface area contributed by atoms with E-state index in [0.717, 1.165) is 0 Å². The molecular weight excluding hydrogens is 289 g/mol. The van der Waals surface area contributed by atoms with E-state index in [1.54, 1.807) is 0 Å². The van der Waals surface area contributed by atoms with Crippen LogP contribution in [-0.2, 0) is 15.1 Å². The van der Waals surface area contributed by atoms with Crippen molar-refractivity contribution < 1.29 is 40.6 Å². The summed E-state index contributed by atoms with van der Waals surface area (Å²) in [6.45, 7) is -1.26. The first-order valence-corrected chi connectivity index (χ1v) is 5.91. The second kappa shape index (κ2) is 12.0. The predicted octanol–water partition coefficient (Wildman–Crippen LogP) is -2.32. The van der Waals surface area contributed by atoms with Gasteiger partial charge in [-0.15, -0.1) is 0 Å². The summed E-state index contributed by atoms with van der Waals surface area (Å²) < 4.78 is 0. The Hall–Kier alpha value is 0.569. The number of nitrogens with zero attached hydrogens (tertiary/aromatic N) is 1. The van der Waals surface area contributed by atoms with E-state index in [-0.39, 0.29) is 26.3 Å². The number of aliphatic hydroxyl groups excluding tert-OH is 5. The zero-order valence-electron chi connectivity index (χ0n) is 8.81. The van der Waals surface area contributed by atoms with Gasteiger partial charge in [0, 0.05) is 13.1 Å². The summed E-state index contributed by atoms with van der Waals surface area (Å²) in [7, 11) is 4.20. The molecule has 0 aliphatic heterocycles. The van der Waals surface area contributed by atoms with Crippen LogP contribution in [0.15, 0.2) is 0 Å². The van der Waals surface area contributed by atoms with E-state index < -0.39 is 25.4 Å². The molecule has 0 radical (unpaired) electrons. The van der Waals surface area contributed by atoms with Crippen LogP contribution in [0.25, 0.3) is 0 Å². The Balaban J connectivity index is 0. The van der Waals surface area contributed by atoms with Crippen LogP contribution in [0, 0.1) is 0 Å². The molecule has 0 amide bonds. The Morgan fingerprint density at radius 3 is 1.31 bits per heavy atom. The summed E-state index contributed by atoms with van der Waals surface area (Å²) in [5, 5.41) is 44.7. The van der Waals surface area contributed by atoms with Crippen LogP contribution in [0.5, 0.6) is 0 Å². The molecule has 0 spiro atoms. The third kappa shape index (κ3) is 5.77. The normalized spacial score (nSPS) is 11.3. The Bertz CT molecular complexity index is 136. The summed E-state index contributed by atoms with van der Waals surface area (Å²) in [6, 6.07) is 0. The van der Waals surface area contributed by atoms with Crippen LogP contribution in [0.4, 0.5) is 0 Å². The second-order valence-electron chi connectivity index (χ2n) is 3.13. The van der Waals surface area contributed by atoms with Gasteiger partial charge in [-0.25, -0.2) is 0 Å². The predicted molar refractivity (Wildman–Crippen MR) is 55.6 cm³/mol. The molecule has 0 saturated heterocycles. The third-order valence-electron chi connectivity index (χ3n) is 2.29. The molecule has 0 fully saturated rings. The van der Waals surface area contributed by atoms with Gasteiger partial charge < -0.3 is 25.5 Å². The fraction of sp³-hybridized carbons (Fsp3) is 1.00. The van der Waals surface area contributed by atoms with Gasteiger partial charge in [-0.2, -0.15) is 0 Å². The maximum atomic E-state index is 9.08. The molecule has 6 nitrogen and oxygen atoms in total. The molecule has 16 heavy (non-hydrogen) atoms. The Labute approximate surface area is 107 Å². The van der Waals surface area contributed by atoms with Crippen molar-refractivity contribution in [2.75, 3.05) is 46.1 Å². The molecule has 0 saturated carbocycles. The topological polar surface area (TPSA) is 104 Å². The minimum atomic E-state index is -1.18. The van der Waals surface area contributed by atoms with E-state index in [2.05, 4.69) is 25.2 Å². The van der Waals surface area contributed by atoms with Gasteiger partial charge in [-0.05, 0) is 0 Å². The van der Waals surface area contributed by atoms with E-state index in [9.17, 15) is 0 Å². The standard InChI is InChI=1S/C8H19NO5.ClH.Cu/c10-3-1-9(2-4-11)8(5-12,6-13)7-14;;/h10-14H,1-7H2;1H;/q;;+2/p-1. The van der Waals surface area contributed by atoms with E-state index in [4.69, 9.17) is 25.5 Å². The molecule has 8 heteroatoms. The van der Waals surface area contributed by atoms with Crippen molar-refractivity contribution in [1.82, 2.24) is 4.90 Å². The molecule has 0 bridgehead atoms. The summed E-state index contributed by atoms with van der Waals surface area (Å²) in [4.78, 5) is 1.47. The molecule has 0 aliphatic rings. The van der Waals surface area contributed by atoms with Gasteiger partial charge in [0.05, 0.1) is 38.6 Å². The molecule has 0 unspecified atom stereocenters. The van der Waals surface area contributed by atoms with Gasteiger partial charge in [0.2, 0.25) is 0 Å². The number of aliphatic hydroxyl groups is 5. The molecule has 0 aromatic carbocycles. The van der Waals surface area contributed by atoms with Crippen LogP contribution in [0.1, 0.15) is 0 Å². The molecule has 0 atom stereocenters. The van der Waals surface area contributed by atoms with E-state index in [0.29, 0.717) is 0 Å². The fourth-order valence-corrected chi connectivity index (χ4v) is 1.28. The van der Waals surface area contributed by atoms with Crippen molar-refractivity contribution in [2.24, 2.45) is 0 Å². The first-order valence-electron chi connectivity index (χ1n) is 4.61. The monoisotopic (exact) mass is 307 g/mol. The number of rotatable bonds is 8. The average Bonchev–Trinajstić information content (AvgIpc) is 2.35. The zero-order valence-corrected chi connectivity index (χ0v) is 10.5. The summed E-state index contributed by atoms with van der Waals surface area (Å²) in [5.74, 6) is 0. The summed E-state index contributed by atoms with van der Waals surface area (Å²) in [5.41, 5.74) is -1.18. The molecule has 103 valence electrons. The van der Waals surface area contributed by atoms with E-state index >= 15 is 0 Å². The van der Waals surface area contributed by atoms with Crippen molar-refractivity contribution in [1.29, 1.82) is 0 Å². The van der Waals surface area contributed by atoms with Crippen LogP contribution in [0.2, 0.25) is 0 Å². The first-order chi connectivity index (χ1) is 7.70. The zero-order chi connectivity index (χ0) is 13.0. The quantitative estimate of drug-likeness (QED) is 0.322. The van der Waals surface area contributed by atoms with Gasteiger partial charge in [-0.1, -0.05) is 0 Å². The summed E-state index contributed by atoms with van der Waals surface area (Å²) in [6.07, 6.45) is 0.